The SMILES string of the molecule is COc1ccc(Cl)cc1C(=O)Nc1cccc(C(=O)NN=Cc2cc(Br)cc(Br)c2OC(=O)c2ccco2)c1. The molecule has 3 aromatic carbocycles. The molecule has 0 saturated heterocycles. The Bertz CT molecular complexity index is 1570. The van der Waals surface area contributed by atoms with E-state index >= 15 is 0 Å². The molecule has 1 aromatic heterocycles. The van der Waals surface area contributed by atoms with Gasteiger partial charge >= 0.3 is 5.97 Å². The summed E-state index contributed by atoms with van der Waals surface area (Å²) in [7, 11) is 1.45. The summed E-state index contributed by atoms with van der Waals surface area (Å²) in [6.45, 7) is 0. The maximum atomic E-state index is 12.8. The number of nitrogens with zero attached hydrogens (tertiary/aromatic N) is 1. The lowest BCUT2D eigenvalue weighted by molar-refractivity contribution is 0.0699. The summed E-state index contributed by atoms with van der Waals surface area (Å²) in [6, 6.07) is 17.4. The number of furan rings is 1. The van der Waals surface area contributed by atoms with E-state index in [1.807, 2.05) is 0 Å². The summed E-state index contributed by atoms with van der Waals surface area (Å²) in [5.74, 6) is -1.13. The Labute approximate surface area is 244 Å². The van der Waals surface area contributed by atoms with E-state index in [2.05, 4.69) is 47.7 Å². The van der Waals surface area contributed by atoms with E-state index in [-0.39, 0.29) is 22.6 Å². The second-order valence-electron chi connectivity index (χ2n) is 7.75. The van der Waals surface area contributed by atoms with Crippen molar-refractivity contribution in [2.24, 2.45) is 5.10 Å². The second-order valence-corrected chi connectivity index (χ2v) is 9.96. The number of ether oxygens (including phenoxy) is 2. The van der Waals surface area contributed by atoms with E-state index in [0.717, 1.165) is 0 Å². The molecule has 4 aromatic rings. The average Bonchev–Trinajstić information content (AvgIpc) is 3.46. The average molecular weight is 676 g/mol. The highest BCUT2D eigenvalue weighted by Gasteiger charge is 2.18. The molecule has 0 aliphatic heterocycles. The van der Waals surface area contributed by atoms with Gasteiger partial charge in [-0.3, -0.25) is 9.59 Å². The van der Waals surface area contributed by atoms with Crippen molar-refractivity contribution >= 4 is 73.1 Å². The second kappa shape index (κ2) is 12.7. The summed E-state index contributed by atoms with van der Waals surface area (Å²) in [4.78, 5) is 37.9. The number of hydrogen-bond acceptors (Lipinski definition) is 7. The molecule has 2 amide bonds. The lowest BCUT2D eigenvalue weighted by Gasteiger charge is -2.11. The number of esters is 1. The molecule has 12 heteroatoms. The van der Waals surface area contributed by atoms with E-state index in [1.165, 1.54) is 37.8 Å². The van der Waals surface area contributed by atoms with E-state index in [1.54, 1.807) is 48.5 Å². The van der Waals surface area contributed by atoms with Crippen molar-refractivity contribution in [3.8, 4) is 11.5 Å². The Kier molecular flexibility index (Phi) is 9.18. The number of hydrazone groups is 1. The minimum Gasteiger partial charge on any atom is -0.496 e. The number of anilines is 1. The first-order valence-electron chi connectivity index (χ1n) is 11.1. The minimum atomic E-state index is -0.698. The van der Waals surface area contributed by atoms with Crippen LogP contribution in [0.4, 0.5) is 5.69 Å². The zero-order valence-corrected chi connectivity index (χ0v) is 24.0. The van der Waals surface area contributed by atoms with Gasteiger partial charge in [-0.05, 0) is 76.6 Å². The van der Waals surface area contributed by atoms with Crippen LogP contribution < -0.4 is 20.2 Å². The normalized spacial score (nSPS) is 10.8. The van der Waals surface area contributed by atoms with Gasteiger partial charge < -0.3 is 19.2 Å². The monoisotopic (exact) mass is 673 g/mol. The first kappa shape index (κ1) is 28.1. The number of methoxy groups -OCH3 is 1. The lowest BCUT2D eigenvalue weighted by Crippen LogP contribution is -2.19. The molecule has 4 rings (SSSR count). The van der Waals surface area contributed by atoms with Gasteiger partial charge in [0.05, 0.1) is 29.6 Å². The molecule has 0 aliphatic carbocycles. The number of nitrogens with one attached hydrogen (secondary N) is 2. The van der Waals surface area contributed by atoms with Crippen molar-refractivity contribution in [1.29, 1.82) is 0 Å². The van der Waals surface area contributed by atoms with Gasteiger partial charge in [0.2, 0.25) is 5.76 Å². The van der Waals surface area contributed by atoms with Crippen molar-refractivity contribution in [3.63, 3.8) is 0 Å². The molecular formula is C27H18Br2ClN3O6. The maximum absolute atomic E-state index is 12.8. The van der Waals surface area contributed by atoms with Crippen LogP contribution in [0.25, 0.3) is 0 Å². The first-order valence-corrected chi connectivity index (χ1v) is 13.0. The topological polar surface area (TPSA) is 119 Å². The van der Waals surface area contributed by atoms with Gasteiger partial charge in [-0.2, -0.15) is 5.10 Å². The smallest absolute Gasteiger partial charge is 0.379 e. The predicted molar refractivity (Wildman–Crippen MR) is 153 cm³/mol. The van der Waals surface area contributed by atoms with Gasteiger partial charge in [0, 0.05) is 26.3 Å². The van der Waals surface area contributed by atoms with Gasteiger partial charge in [0.1, 0.15) is 5.75 Å². The van der Waals surface area contributed by atoms with Gasteiger partial charge in [-0.15, -0.1) is 0 Å². The third kappa shape index (κ3) is 7.14. The van der Waals surface area contributed by atoms with Gasteiger partial charge in [0.25, 0.3) is 11.8 Å². The van der Waals surface area contributed by atoms with Crippen LogP contribution >= 0.6 is 43.5 Å². The van der Waals surface area contributed by atoms with E-state index in [4.69, 9.17) is 25.5 Å². The van der Waals surface area contributed by atoms with Crippen LogP contribution in [0, 0.1) is 0 Å². The lowest BCUT2D eigenvalue weighted by atomic mass is 10.1. The maximum Gasteiger partial charge on any atom is 0.379 e. The number of carbonyl (C=O) groups is 3. The summed E-state index contributed by atoms with van der Waals surface area (Å²) >= 11 is 12.8. The molecule has 0 radical (unpaired) electrons. The molecule has 39 heavy (non-hydrogen) atoms. The van der Waals surface area contributed by atoms with Crippen LogP contribution in [0.1, 0.15) is 36.8 Å². The number of rotatable bonds is 8. The number of benzene rings is 3. The Hall–Kier alpha value is -3.93. The highest BCUT2D eigenvalue weighted by Crippen LogP contribution is 2.33. The van der Waals surface area contributed by atoms with Gasteiger partial charge in [-0.25, -0.2) is 10.2 Å². The Balaban J connectivity index is 1.47. The van der Waals surface area contributed by atoms with Crippen molar-refractivity contribution in [2.45, 2.75) is 0 Å². The van der Waals surface area contributed by atoms with Crippen LogP contribution in [0.5, 0.6) is 11.5 Å². The summed E-state index contributed by atoms with van der Waals surface area (Å²) in [6.07, 6.45) is 2.69. The van der Waals surface area contributed by atoms with E-state index in [0.29, 0.717) is 31.0 Å². The molecule has 0 saturated carbocycles. The molecule has 0 spiro atoms. The fraction of sp³-hybridized carbons (Fsp3) is 0.0370. The Morgan fingerprint density at radius 1 is 1.00 bits per heavy atom. The van der Waals surface area contributed by atoms with Crippen LogP contribution in [0.2, 0.25) is 5.02 Å². The standard InChI is InChI=1S/C27H18Br2ClN3O6/c1-37-22-8-7-18(30)13-20(22)26(35)32-19-5-2-4-15(11-19)25(34)33-31-14-16-10-17(28)12-21(29)24(16)39-27(36)23-6-3-9-38-23/h2-14H,1H3,(H,32,35)(H,33,34). The van der Waals surface area contributed by atoms with E-state index < -0.39 is 17.8 Å². The Morgan fingerprint density at radius 2 is 1.82 bits per heavy atom. The van der Waals surface area contributed by atoms with Gasteiger partial charge in [0.15, 0.2) is 5.75 Å². The number of halogens is 3. The molecule has 198 valence electrons. The molecule has 1 heterocycles. The molecule has 0 atom stereocenters. The summed E-state index contributed by atoms with van der Waals surface area (Å²) in [5, 5.41) is 7.10. The van der Waals surface area contributed by atoms with Crippen LogP contribution in [-0.4, -0.2) is 31.1 Å². The largest absolute Gasteiger partial charge is 0.496 e. The van der Waals surface area contributed by atoms with Crippen molar-refractivity contribution in [1.82, 2.24) is 5.43 Å². The van der Waals surface area contributed by atoms with Crippen LogP contribution in [0.15, 0.2) is 91.5 Å². The zero-order chi connectivity index (χ0) is 27.9. The van der Waals surface area contributed by atoms with E-state index in [9.17, 15) is 14.4 Å². The Morgan fingerprint density at radius 3 is 2.56 bits per heavy atom. The third-order valence-electron chi connectivity index (χ3n) is 5.11. The fourth-order valence-electron chi connectivity index (χ4n) is 3.34. The fourth-order valence-corrected chi connectivity index (χ4v) is 4.85. The zero-order valence-electron chi connectivity index (χ0n) is 20.0. The third-order valence-corrected chi connectivity index (χ3v) is 6.39. The van der Waals surface area contributed by atoms with Crippen LogP contribution in [0.3, 0.4) is 0 Å². The molecule has 0 fully saturated rings. The summed E-state index contributed by atoms with van der Waals surface area (Å²) in [5.41, 5.74) is 3.68. The molecule has 2 N–H and O–H groups in total. The van der Waals surface area contributed by atoms with Crippen molar-refractivity contribution in [3.05, 3.63) is 109 Å². The summed E-state index contributed by atoms with van der Waals surface area (Å²) < 4.78 is 16.9. The quantitative estimate of drug-likeness (QED) is 0.0929. The molecule has 0 aliphatic rings. The molecule has 9 nitrogen and oxygen atoms in total. The molecular weight excluding hydrogens is 658 g/mol. The van der Waals surface area contributed by atoms with Crippen molar-refractivity contribution < 1.29 is 28.3 Å². The predicted octanol–water partition coefficient (Wildman–Crippen LogP) is 6.70. The molecule has 0 bridgehead atoms. The first-order chi connectivity index (χ1) is 18.7. The highest BCUT2D eigenvalue weighted by molar-refractivity contribution is 9.11. The molecule has 0 unspecified atom stereocenters. The van der Waals surface area contributed by atoms with Crippen LogP contribution in [-0.2, 0) is 0 Å². The van der Waals surface area contributed by atoms with Gasteiger partial charge in [-0.1, -0.05) is 33.6 Å². The number of hydrogen-bond donors (Lipinski definition) is 2. The number of carbonyl (C=O) groups excluding carboxylic acids is 3. The highest BCUT2D eigenvalue weighted by atomic mass is 79.9. The van der Waals surface area contributed by atoms with Crippen molar-refractivity contribution in [2.75, 3.05) is 12.4 Å². The minimum absolute atomic E-state index is 0.0294. The number of amides is 2.